The largest absolute Gasteiger partial charge is 0.378 e. The zero-order valence-corrected chi connectivity index (χ0v) is 18.3. The zero-order valence-electron chi connectivity index (χ0n) is 18.3. The first-order chi connectivity index (χ1) is 16.1. The Morgan fingerprint density at radius 1 is 1.15 bits per heavy atom. The molecule has 0 bridgehead atoms. The fourth-order valence-corrected chi connectivity index (χ4v) is 3.98. The summed E-state index contributed by atoms with van der Waals surface area (Å²) < 4.78 is 5.30. The number of hydrogen-bond acceptors (Lipinski definition) is 7. The summed E-state index contributed by atoms with van der Waals surface area (Å²) in [7, 11) is 0. The molecule has 9 nitrogen and oxygen atoms in total. The summed E-state index contributed by atoms with van der Waals surface area (Å²) in [6.45, 7) is 7.16. The van der Waals surface area contributed by atoms with Crippen molar-refractivity contribution in [3.05, 3.63) is 60.3 Å². The molecule has 2 aromatic rings. The van der Waals surface area contributed by atoms with Crippen molar-refractivity contribution in [2.45, 2.75) is 12.5 Å². The molecule has 1 aromatic heterocycles. The maximum Gasteiger partial charge on any atom is 0.254 e. The minimum absolute atomic E-state index is 0.0169. The fourth-order valence-electron chi connectivity index (χ4n) is 3.98. The first-order valence-corrected chi connectivity index (χ1v) is 10.9. The number of ether oxygens (including phenoxy) is 1. The lowest BCUT2D eigenvalue weighted by Crippen LogP contribution is -2.40. The van der Waals surface area contributed by atoms with Gasteiger partial charge in [0.2, 0.25) is 5.91 Å². The Kier molecular flexibility index (Phi) is 6.99. The number of morpholine rings is 1. The molecular weight excluding hydrogens is 422 g/mol. The molecule has 172 valence electrons. The van der Waals surface area contributed by atoms with Crippen LogP contribution in [0.1, 0.15) is 27.1 Å². The van der Waals surface area contributed by atoms with Gasteiger partial charge in [0.05, 0.1) is 24.5 Å². The number of amides is 2. The highest BCUT2D eigenvalue weighted by Gasteiger charge is 2.25. The minimum Gasteiger partial charge on any atom is -0.378 e. The number of rotatable bonds is 7. The zero-order chi connectivity index (χ0) is 23.2. The molecule has 33 heavy (non-hydrogen) atoms. The van der Waals surface area contributed by atoms with E-state index in [1.54, 1.807) is 17.0 Å². The van der Waals surface area contributed by atoms with Crippen LogP contribution in [0.15, 0.2) is 49.2 Å². The van der Waals surface area contributed by atoms with Crippen molar-refractivity contribution in [3.8, 4) is 0 Å². The van der Waals surface area contributed by atoms with Crippen molar-refractivity contribution in [1.29, 1.82) is 0 Å². The lowest BCUT2D eigenvalue weighted by Gasteiger charge is -2.26. The van der Waals surface area contributed by atoms with Crippen LogP contribution in [0.5, 0.6) is 0 Å². The van der Waals surface area contributed by atoms with E-state index >= 15 is 0 Å². The van der Waals surface area contributed by atoms with Gasteiger partial charge < -0.3 is 25.2 Å². The quantitative estimate of drug-likeness (QED) is 0.492. The molecule has 0 unspecified atom stereocenters. The number of pyridine rings is 1. The molecule has 3 heterocycles. The monoisotopic (exact) mass is 449 g/mol. The molecule has 2 aliphatic rings. The van der Waals surface area contributed by atoms with E-state index in [2.05, 4.69) is 27.1 Å². The summed E-state index contributed by atoms with van der Waals surface area (Å²) in [5, 5.41) is 6.17. The first-order valence-electron chi connectivity index (χ1n) is 10.9. The molecule has 2 amide bonds. The molecule has 0 saturated carbocycles. The molecule has 2 saturated heterocycles. The van der Waals surface area contributed by atoms with E-state index in [1.807, 2.05) is 18.2 Å². The highest BCUT2D eigenvalue weighted by atomic mass is 16.5. The molecule has 2 aliphatic heterocycles. The highest BCUT2D eigenvalue weighted by Crippen LogP contribution is 2.26. The standard InChI is InChI=1S/C24H27N5O4/c1-2-23(31)27-20-7-8-29(15-20)22-13-21(18(16-30)14-25-22)26-19-5-3-17(4-6-19)24(32)28-9-11-33-12-10-28/h2-6,13-14,16,20H,1,7-12,15H2,(H,25,26)(H,27,31)/t20-/m0/s1. The molecule has 1 aromatic carbocycles. The van der Waals surface area contributed by atoms with Crippen LogP contribution >= 0.6 is 0 Å². The van der Waals surface area contributed by atoms with Crippen molar-refractivity contribution in [3.63, 3.8) is 0 Å². The minimum atomic E-state index is -0.191. The van der Waals surface area contributed by atoms with Gasteiger partial charge in [0, 0.05) is 55.7 Å². The molecule has 0 spiro atoms. The Bertz CT molecular complexity index is 1030. The van der Waals surface area contributed by atoms with Crippen LogP contribution in [0.2, 0.25) is 0 Å². The van der Waals surface area contributed by atoms with Crippen LogP contribution in [0, 0.1) is 0 Å². The summed E-state index contributed by atoms with van der Waals surface area (Å²) >= 11 is 0. The number of carbonyl (C=O) groups excluding carboxylic acids is 3. The normalized spacial score (nSPS) is 18.0. The van der Waals surface area contributed by atoms with Crippen molar-refractivity contribution in [1.82, 2.24) is 15.2 Å². The first kappa shape index (κ1) is 22.5. The maximum absolute atomic E-state index is 12.6. The smallest absolute Gasteiger partial charge is 0.254 e. The topological polar surface area (TPSA) is 104 Å². The molecule has 2 fully saturated rings. The van der Waals surface area contributed by atoms with Gasteiger partial charge in [-0.3, -0.25) is 14.4 Å². The molecule has 0 radical (unpaired) electrons. The average molecular weight is 450 g/mol. The van der Waals surface area contributed by atoms with Crippen molar-refractivity contribution in [2.75, 3.05) is 49.6 Å². The van der Waals surface area contributed by atoms with E-state index in [4.69, 9.17) is 4.74 Å². The van der Waals surface area contributed by atoms with Crippen LogP contribution in [-0.4, -0.2) is 73.4 Å². The Balaban J connectivity index is 1.45. The second-order valence-electron chi connectivity index (χ2n) is 8.00. The van der Waals surface area contributed by atoms with E-state index in [1.165, 1.54) is 12.3 Å². The predicted molar refractivity (Wildman–Crippen MR) is 125 cm³/mol. The Morgan fingerprint density at radius 3 is 2.61 bits per heavy atom. The maximum atomic E-state index is 12.6. The Morgan fingerprint density at radius 2 is 1.91 bits per heavy atom. The predicted octanol–water partition coefficient (Wildman–Crippen LogP) is 1.99. The summed E-state index contributed by atoms with van der Waals surface area (Å²) in [5.74, 6) is 0.512. The van der Waals surface area contributed by atoms with Gasteiger partial charge in [0.25, 0.3) is 5.91 Å². The third-order valence-electron chi connectivity index (χ3n) is 5.80. The fraction of sp³-hybridized carbons (Fsp3) is 0.333. The van der Waals surface area contributed by atoms with E-state index in [-0.39, 0.29) is 17.9 Å². The molecule has 9 heteroatoms. The van der Waals surface area contributed by atoms with Crippen LogP contribution in [0.3, 0.4) is 0 Å². The molecule has 1 atom stereocenters. The third kappa shape index (κ3) is 5.38. The number of anilines is 3. The number of aromatic nitrogens is 1. The Hall–Kier alpha value is -3.72. The number of aldehydes is 1. The summed E-state index contributed by atoms with van der Waals surface area (Å²) in [6, 6.07) is 9.04. The van der Waals surface area contributed by atoms with Crippen LogP contribution in [-0.2, 0) is 9.53 Å². The molecule has 2 N–H and O–H groups in total. The van der Waals surface area contributed by atoms with Gasteiger partial charge in [0.15, 0.2) is 6.29 Å². The van der Waals surface area contributed by atoms with Crippen molar-refractivity contribution < 1.29 is 19.1 Å². The van der Waals surface area contributed by atoms with Crippen LogP contribution in [0.4, 0.5) is 17.2 Å². The van der Waals surface area contributed by atoms with Gasteiger partial charge in [-0.25, -0.2) is 4.98 Å². The van der Waals surface area contributed by atoms with E-state index in [0.29, 0.717) is 49.7 Å². The van der Waals surface area contributed by atoms with Gasteiger partial charge in [0.1, 0.15) is 5.82 Å². The number of hydrogen-bond donors (Lipinski definition) is 2. The van der Waals surface area contributed by atoms with Crippen molar-refractivity contribution in [2.24, 2.45) is 0 Å². The lowest BCUT2D eigenvalue weighted by atomic mass is 10.1. The highest BCUT2D eigenvalue weighted by molar-refractivity contribution is 5.95. The second-order valence-corrected chi connectivity index (χ2v) is 8.00. The number of carbonyl (C=O) groups is 3. The van der Waals surface area contributed by atoms with E-state index in [0.717, 1.165) is 30.8 Å². The lowest BCUT2D eigenvalue weighted by molar-refractivity contribution is -0.117. The SMILES string of the molecule is C=CC(=O)N[C@H]1CCN(c2cc(Nc3ccc(C(=O)N4CCOCC4)cc3)c(C=O)cn2)C1. The second kappa shape index (κ2) is 10.3. The molecular formula is C24H27N5O4. The van der Waals surface area contributed by atoms with E-state index in [9.17, 15) is 14.4 Å². The third-order valence-corrected chi connectivity index (χ3v) is 5.80. The molecule has 0 aliphatic carbocycles. The summed E-state index contributed by atoms with van der Waals surface area (Å²) in [5.41, 5.74) is 2.42. The summed E-state index contributed by atoms with van der Waals surface area (Å²) in [6.07, 6.45) is 4.36. The number of benzene rings is 1. The number of nitrogens with one attached hydrogen (secondary N) is 2. The van der Waals surface area contributed by atoms with Crippen LogP contribution < -0.4 is 15.5 Å². The van der Waals surface area contributed by atoms with Gasteiger partial charge >= 0.3 is 0 Å². The van der Waals surface area contributed by atoms with Gasteiger partial charge in [-0.2, -0.15) is 0 Å². The van der Waals surface area contributed by atoms with E-state index < -0.39 is 0 Å². The molecule has 4 rings (SSSR count). The van der Waals surface area contributed by atoms with Gasteiger partial charge in [-0.1, -0.05) is 6.58 Å². The Labute approximate surface area is 192 Å². The van der Waals surface area contributed by atoms with Gasteiger partial charge in [-0.15, -0.1) is 0 Å². The number of nitrogens with zero attached hydrogens (tertiary/aromatic N) is 3. The van der Waals surface area contributed by atoms with Crippen LogP contribution in [0.25, 0.3) is 0 Å². The van der Waals surface area contributed by atoms with Crippen molar-refractivity contribution >= 4 is 35.3 Å². The summed E-state index contributed by atoms with van der Waals surface area (Å²) in [4.78, 5) is 44.0. The average Bonchev–Trinajstić information content (AvgIpc) is 3.33. The van der Waals surface area contributed by atoms with Gasteiger partial charge in [-0.05, 0) is 36.8 Å².